The number of nitrogens with one attached hydrogen (secondary N) is 1. The summed E-state index contributed by atoms with van der Waals surface area (Å²) in [4.78, 5) is 0. The van der Waals surface area contributed by atoms with Crippen molar-refractivity contribution in [1.29, 1.82) is 0 Å². The van der Waals surface area contributed by atoms with E-state index in [-0.39, 0.29) is 5.54 Å². The van der Waals surface area contributed by atoms with E-state index in [1.54, 1.807) is 0 Å². The molecule has 1 heterocycles. The van der Waals surface area contributed by atoms with Gasteiger partial charge in [-0.2, -0.15) is 5.10 Å². The zero-order valence-electron chi connectivity index (χ0n) is 11.2. The van der Waals surface area contributed by atoms with Crippen molar-refractivity contribution in [3.05, 3.63) is 12.4 Å². The van der Waals surface area contributed by atoms with Crippen molar-refractivity contribution in [1.82, 2.24) is 9.78 Å². The minimum absolute atomic E-state index is 0.0619. The summed E-state index contributed by atoms with van der Waals surface area (Å²) >= 11 is 0. The number of aromatic nitrogens is 2. The topological polar surface area (TPSA) is 29.9 Å². The number of hydrogen-bond acceptors (Lipinski definition) is 2. The van der Waals surface area contributed by atoms with Crippen LogP contribution in [0, 0.1) is 0 Å². The molecule has 3 nitrogen and oxygen atoms in total. The van der Waals surface area contributed by atoms with E-state index in [1.807, 2.05) is 10.9 Å². The van der Waals surface area contributed by atoms with Gasteiger partial charge in [-0.25, -0.2) is 0 Å². The molecule has 1 rings (SSSR count). The molecule has 0 spiro atoms. The average molecular weight is 223 g/mol. The van der Waals surface area contributed by atoms with E-state index in [4.69, 9.17) is 0 Å². The quantitative estimate of drug-likeness (QED) is 0.826. The van der Waals surface area contributed by atoms with E-state index < -0.39 is 0 Å². The van der Waals surface area contributed by atoms with E-state index in [9.17, 15) is 0 Å². The molecule has 0 amide bonds. The maximum atomic E-state index is 4.39. The number of nitrogens with zero attached hydrogens (tertiary/aromatic N) is 2. The summed E-state index contributed by atoms with van der Waals surface area (Å²) in [6.07, 6.45) is 7.62. The lowest BCUT2D eigenvalue weighted by Crippen LogP contribution is -2.22. The molecule has 3 heteroatoms. The molecule has 1 aromatic heterocycles. The molecule has 0 aliphatic heterocycles. The van der Waals surface area contributed by atoms with Gasteiger partial charge in [0, 0.05) is 12.2 Å². The molecule has 0 saturated carbocycles. The van der Waals surface area contributed by atoms with Crippen LogP contribution < -0.4 is 5.32 Å². The van der Waals surface area contributed by atoms with Gasteiger partial charge in [0.25, 0.3) is 0 Å². The Morgan fingerprint density at radius 2 is 2.06 bits per heavy atom. The van der Waals surface area contributed by atoms with Gasteiger partial charge in [0.1, 0.15) is 0 Å². The zero-order valence-corrected chi connectivity index (χ0v) is 11.2. The highest BCUT2D eigenvalue weighted by Crippen LogP contribution is 2.17. The second-order valence-corrected chi connectivity index (χ2v) is 5.38. The Bertz CT molecular complexity index is 309. The van der Waals surface area contributed by atoms with Gasteiger partial charge in [0.15, 0.2) is 0 Å². The molecule has 0 aromatic carbocycles. The van der Waals surface area contributed by atoms with Crippen molar-refractivity contribution in [3.8, 4) is 0 Å². The van der Waals surface area contributed by atoms with Crippen LogP contribution in [0.1, 0.15) is 53.9 Å². The van der Waals surface area contributed by atoms with E-state index in [1.165, 1.54) is 12.8 Å². The summed E-state index contributed by atoms with van der Waals surface area (Å²) in [5.41, 5.74) is 1.20. The lowest BCUT2D eigenvalue weighted by molar-refractivity contribution is 0.355. The summed E-state index contributed by atoms with van der Waals surface area (Å²) in [7, 11) is 0. The summed E-state index contributed by atoms with van der Waals surface area (Å²) in [5, 5.41) is 7.93. The molecule has 0 saturated heterocycles. The highest BCUT2D eigenvalue weighted by atomic mass is 15.3. The molecule has 92 valence electrons. The first-order valence-corrected chi connectivity index (χ1v) is 6.29. The third-order valence-electron chi connectivity index (χ3n) is 2.77. The Hall–Kier alpha value is -0.990. The number of anilines is 1. The van der Waals surface area contributed by atoms with Crippen LogP contribution in [0.2, 0.25) is 0 Å². The Morgan fingerprint density at radius 3 is 2.50 bits per heavy atom. The summed E-state index contributed by atoms with van der Waals surface area (Å²) < 4.78 is 2.01. The zero-order chi connectivity index (χ0) is 12.2. The van der Waals surface area contributed by atoms with E-state index in [2.05, 4.69) is 51.2 Å². The standard InChI is InChI=1S/C13H25N3/c1-6-8-11(7-2)15-12-9-14-16(10-12)13(3,4)5/h9-11,15H,6-8H2,1-5H3. The van der Waals surface area contributed by atoms with Crippen LogP contribution in [0.4, 0.5) is 5.69 Å². The fourth-order valence-corrected chi connectivity index (χ4v) is 1.73. The summed E-state index contributed by atoms with van der Waals surface area (Å²) in [6, 6.07) is 0.572. The fraction of sp³-hybridized carbons (Fsp3) is 0.769. The van der Waals surface area contributed by atoms with Crippen molar-refractivity contribution in [2.24, 2.45) is 0 Å². The largest absolute Gasteiger partial charge is 0.380 e. The van der Waals surface area contributed by atoms with Crippen molar-refractivity contribution in [2.45, 2.75) is 65.5 Å². The van der Waals surface area contributed by atoms with E-state index >= 15 is 0 Å². The van der Waals surface area contributed by atoms with Gasteiger partial charge in [0.05, 0.1) is 17.4 Å². The van der Waals surface area contributed by atoms with Crippen LogP contribution in [0.25, 0.3) is 0 Å². The van der Waals surface area contributed by atoms with Gasteiger partial charge in [-0.05, 0) is 33.6 Å². The molecule has 1 aromatic rings. The molecule has 1 atom stereocenters. The van der Waals surface area contributed by atoms with Gasteiger partial charge in [0.2, 0.25) is 0 Å². The Kier molecular flexibility index (Phi) is 4.39. The molecule has 16 heavy (non-hydrogen) atoms. The first-order chi connectivity index (χ1) is 7.47. The maximum absolute atomic E-state index is 4.39. The Labute approximate surface area is 99.2 Å². The average Bonchev–Trinajstić information content (AvgIpc) is 2.65. The first kappa shape index (κ1) is 13.1. The molecule has 1 N–H and O–H groups in total. The lowest BCUT2D eigenvalue weighted by Gasteiger charge is -2.19. The molecule has 1 unspecified atom stereocenters. The first-order valence-electron chi connectivity index (χ1n) is 6.29. The number of hydrogen-bond donors (Lipinski definition) is 1. The van der Waals surface area contributed by atoms with Crippen molar-refractivity contribution in [3.63, 3.8) is 0 Å². The maximum Gasteiger partial charge on any atom is 0.0728 e. The highest BCUT2D eigenvalue weighted by molar-refractivity contribution is 5.39. The second kappa shape index (κ2) is 5.37. The highest BCUT2D eigenvalue weighted by Gasteiger charge is 2.14. The van der Waals surface area contributed by atoms with Crippen LogP contribution >= 0.6 is 0 Å². The van der Waals surface area contributed by atoms with Crippen LogP contribution in [-0.4, -0.2) is 15.8 Å². The van der Waals surface area contributed by atoms with Gasteiger partial charge in [-0.15, -0.1) is 0 Å². The van der Waals surface area contributed by atoms with Crippen molar-refractivity contribution >= 4 is 5.69 Å². The molecule has 0 aliphatic carbocycles. The monoisotopic (exact) mass is 223 g/mol. The molecule has 0 bridgehead atoms. The predicted molar refractivity (Wildman–Crippen MR) is 69.8 cm³/mol. The number of rotatable bonds is 5. The Balaban J connectivity index is 2.64. The van der Waals surface area contributed by atoms with Gasteiger partial charge < -0.3 is 5.32 Å². The van der Waals surface area contributed by atoms with Gasteiger partial charge >= 0.3 is 0 Å². The molecular formula is C13H25N3. The van der Waals surface area contributed by atoms with Gasteiger partial charge in [-0.1, -0.05) is 20.3 Å². The summed E-state index contributed by atoms with van der Waals surface area (Å²) in [5.74, 6) is 0. The molecule has 0 aliphatic rings. The fourth-order valence-electron chi connectivity index (χ4n) is 1.73. The van der Waals surface area contributed by atoms with E-state index in [0.29, 0.717) is 6.04 Å². The van der Waals surface area contributed by atoms with Crippen molar-refractivity contribution < 1.29 is 0 Å². The van der Waals surface area contributed by atoms with Crippen molar-refractivity contribution in [2.75, 3.05) is 5.32 Å². The van der Waals surface area contributed by atoms with Crippen LogP contribution in [-0.2, 0) is 5.54 Å². The van der Waals surface area contributed by atoms with Crippen LogP contribution in [0.3, 0.4) is 0 Å². The lowest BCUT2D eigenvalue weighted by atomic mass is 10.1. The second-order valence-electron chi connectivity index (χ2n) is 5.38. The predicted octanol–water partition coefficient (Wildman–Crippen LogP) is 3.63. The minimum atomic E-state index is 0.0619. The minimum Gasteiger partial charge on any atom is -0.380 e. The third-order valence-corrected chi connectivity index (χ3v) is 2.77. The molecular weight excluding hydrogens is 198 g/mol. The molecule has 0 radical (unpaired) electrons. The third kappa shape index (κ3) is 3.54. The van der Waals surface area contributed by atoms with Gasteiger partial charge in [-0.3, -0.25) is 4.68 Å². The summed E-state index contributed by atoms with van der Waals surface area (Å²) in [6.45, 7) is 10.9. The smallest absolute Gasteiger partial charge is 0.0728 e. The van der Waals surface area contributed by atoms with Crippen LogP contribution in [0.15, 0.2) is 12.4 Å². The SMILES string of the molecule is CCCC(CC)Nc1cnn(C(C)(C)C)c1. The Morgan fingerprint density at radius 1 is 1.38 bits per heavy atom. The normalized spacial score (nSPS) is 13.8. The molecule has 0 fully saturated rings. The van der Waals surface area contributed by atoms with E-state index in [0.717, 1.165) is 12.1 Å². The van der Waals surface area contributed by atoms with Crippen LogP contribution in [0.5, 0.6) is 0 Å².